The van der Waals surface area contributed by atoms with Crippen LogP contribution in [-0.4, -0.2) is 5.91 Å². The van der Waals surface area contributed by atoms with Gasteiger partial charge in [-0.1, -0.05) is 11.6 Å². The lowest BCUT2D eigenvalue weighted by Crippen LogP contribution is -2.12. The summed E-state index contributed by atoms with van der Waals surface area (Å²) in [5.41, 5.74) is 6.08. The number of nitrogens with two attached hydrogens (primary N) is 1. The molecule has 0 fully saturated rings. The SMILES string of the molecule is Nc1cc(C(=O)Nc2cc(F)cc(F)c2)ccc1Cl. The Bertz CT molecular complexity index is 626. The molecule has 1 amide bonds. The number of nitrogens with one attached hydrogen (secondary N) is 1. The zero-order valence-corrected chi connectivity index (χ0v) is 10.3. The number of nitrogen functional groups attached to an aromatic ring is 1. The highest BCUT2D eigenvalue weighted by Crippen LogP contribution is 2.20. The van der Waals surface area contributed by atoms with E-state index >= 15 is 0 Å². The second kappa shape index (κ2) is 5.24. The van der Waals surface area contributed by atoms with Crippen LogP contribution in [0.4, 0.5) is 20.2 Å². The first-order valence-electron chi connectivity index (χ1n) is 5.28. The molecule has 2 aromatic carbocycles. The van der Waals surface area contributed by atoms with Crippen LogP contribution in [0, 0.1) is 11.6 Å². The van der Waals surface area contributed by atoms with E-state index < -0.39 is 17.5 Å². The third-order valence-corrected chi connectivity index (χ3v) is 2.72. The first-order chi connectivity index (χ1) is 8.95. The predicted molar refractivity (Wildman–Crippen MR) is 70.2 cm³/mol. The van der Waals surface area contributed by atoms with Gasteiger partial charge in [0.1, 0.15) is 11.6 Å². The Balaban J connectivity index is 2.22. The maximum absolute atomic E-state index is 13.0. The van der Waals surface area contributed by atoms with Crippen LogP contribution >= 0.6 is 11.6 Å². The topological polar surface area (TPSA) is 55.1 Å². The molecule has 0 saturated heterocycles. The Morgan fingerprint density at radius 3 is 2.32 bits per heavy atom. The van der Waals surface area contributed by atoms with Crippen molar-refractivity contribution in [1.82, 2.24) is 0 Å². The van der Waals surface area contributed by atoms with E-state index in [2.05, 4.69) is 5.32 Å². The van der Waals surface area contributed by atoms with Gasteiger partial charge in [-0.25, -0.2) is 8.78 Å². The molecule has 0 aliphatic rings. The molecule has 19 heavy (non-hydrogen) atoms. The first kappa shape index (κ1) is 13.3. The normalized spacial score (nSPS) is 10.3. The summed E-state index contributed by atoms with van der Waals surface area (Å²) in [5, 5.41) is 2.70. The number of carbonyl (C=O) groups excluding carboxylic acids is 1. The molecule has 2 rings (SSSR count). The second-order valence-corrected chi connectivity index (χ2v) is 4.26. The standard InChI is InChI=1S/C13H9ClF2N2O/c14-11-2-1-7(3-12(11)17)13(19)18-10-5-8(15)4-9(16)6-10/h1-6H,17H2,(H,18,19). The molecule has 0 atom stereocenters. The van der Waals surface area contributed by atoms with E-state index in [1.165, 1.54) is 18.2 Å². The van der Waals surface area contributed by atoms with Crippen molar-refractivity contribution in [3.8, 4) is 0 Å². The molecule has 98 valence electrons. The minimum absolute atomic E-state index is 0.0241. The summed E-state index contributed by atoms with van der Waals surface area (Å²) >= 11 is 5.73. The van der Waals surface area contributed by atoms with Crippen LogP contribution in [-0.2, 0) is 0 Å². The molecule has 3 N–H and O–H groups in total. The summed E-state index contributed by atoms with van der Waals surface area (Å²) < 4.78 is 25.9. The van der Waals surface area contributed by atoms with E-state index in [9.17, 15) is 13.6 Å². The van der Waals surface area contributed by atoms with Crippen LogP contribution in [0.5, 0.6) is 0 Å². The molecule has 2 aromatic rings. The van der Waals surface area contributed by atoms with E-state index in [1.807, 2.05) is 0 Å². The van der Waals surface area contributed by atoms with Gasteiger partial charge in [-0.2, -0.15) is 0 Å². The number of carbonyl (C=O) groups is 1. The highest BCUT2D eigenvalue weighted by Gasteiger charge is 2.09. The van der Waals surface area contributed by atoms with Crippen molar-refractivity contribution >= 4 is 28.9 Å². The molecule has 0 aromatic heterocycles. The minimum atomic E-state index is -0.772. The van der Waals surface area contributed by atoms with E-state index in [1.54, 1.807) is 0 Å². The molecule has 0 heterocycles. The van der Waals surface area contributed by atoms with Crippen LogP contribution in [0.1, 0.15) is 10.4 Å². The van der Waals surface area contributed by atoms with E-state index in [0.717, 1.165) is 18.2 Å². The summed E-state index contributed by atoms with van der Waals surface area (Å²) in [6, 6.07) is 7.06. The number of hydrogen-bond donors (Lipinski definition) is 2. The summed E-state index contributed by atoms with van der Waals surface area (Å²) in [5.74, 6) is -2.08. The molecular weight excluding hydrogens is 274 g/mol. The Morgan fingerprint density at radius 1 is 1.11 bits per heavy atom. The summed E-state index contributed by atoms with van der Waals surface area (Å²) in [4.78, 5) is 11.8. The third-order valence-electron chi connectivity index (χ3n) is 2.38. The van der Waals surface area contributed by atoms with Gasteiger partial charge < -0.3 is 11.1 Å². The van der Waals surface area contributed by atoms with Crippen LogP contribution in [0.15, 0.2) is 36.4 Å². The predicted octanol–water partition coefficient (Wildman–Crippen LogP) is 3.45. The fourth-order valence-electron chi connectivity index (χ4n) is 1.51. The molecule has 0 bridgehead atoms. The van der Waals surface area contributed by atoms with Gasteiger partial charge in [0.05, 0.1) is 10.7 Å². The quantitative estimate of drug-likeness (QED) is 0.829. The second-order valence-electron chi connectivity index (χ2n) is 3.85. The molecule has 3 nitrogen and oxygen atoms in total. The number of halogens is 3. The molecule has 0 unspecified atom stereocenters. The third kappa shape index (κ3) is 3.20. The van der Waals surface area contributed by atoms with Gasteiger partial charge in [-0.3, -0.25) is 4.79 Å². The molecule has 0 aliphatic heterocycles. The maximum Gasteiger partial charge on any atom is 0.255 e. The van der Waals surface area contributed by atoms with Gasteiger partial charge in [0.2, 0.25) is 0 Å². The van der Waals surface area contributed by atoms with Crippen LogP contribution < -0.4 is 11.1 Å². The number of amides is 1. The Hall–Kier alpha value is -2.14. The Labute approximate surface area is 113 Å². The zero-order chi connectivity index (χ0) is 14.0. The average molecular weight is 283 g/mol. The molecule has 0 spiro atoms. The van der Waals surface area contributed by atoms with Crippen molar-refractivity contribution in [3.63, 3.8) is 0 Å². The van der Waals surface area contributed by atoms with Crippen LogP contribution in [0.3, 0.4) is 0 Å². The van der Waals surface area contributed by atoms with Gasteiger partial charge in [-0.05, 0) is 30.3 Å². The van der Waals surface area contributed by atoms with Gasteiger partial charge in [0.25, 0.3) is 5.91 Å². The van der Waals surface area contributed by atoms with Crippen molar-refractivity contribution in [2.24, 2.45) is 0 Å². The highest BCUT2D eigenvalue weighted by molar-refractivity contribution is 6.33. The lowest BCUT2D eigenvalue weighted by molar-refractivity contribution is 0.102. The summed E-state index contributed by atoms with van der Waals surface area (Å²) in [7, 11) is 0. The van der Waals surface area contributed by atoms with Crippen molar-refractivity contribution in [3.05, 3.63) is 58.6 Å². The highest BCUT2D eigenvalue weighted by atomic mass is 35.5. The fraction of sp³-hybridized carbons (Fsp3) is 0. The molecule has 0 radical (unpaired) electrons. The van der Waals surface area contributed by atoms with Crippen molar-refractivity contribution < 1.29 is 13.6 Å². The lowest BCUT2D eigenvalue weighted by atomic mass is 10.2. The van der Waals surface area contributed by atoms with Gasteiger partial charge >= 0.3 is 0 Å². The zero-order valence-electron chi connectivity index (χ0n) is 9.58. The van der Waals surface area contributed by atoms with E-state index in [4.69, 9.17) is 17.3 Å². The van der Waals surface area contributed by atoms with E-state index in [-0.39, 0.29) is 16.9 Å². The number of anilines is 2. The van der Waals surface area contributed by atoms with Crippen LogP contribution in [0.2, 0.25) is 5.02 Å². The van der Waals surface area contributed by atoms with Crippen LogP contribution in [0.25, 0.3) is 0 Å². The Morgan fingerprint density at radius 2 is 1.74 bits per heavy atom. The monoisotopic (exact) mass is 282 g/mol. The lowest BCUT2D eigenvalue weighted by Gasteiger charge is -2.07. The smallest absolute Gasteiger partial charge is 0.255 e. The number of benzene rings is 2. The van der Waals surface area contributed by atoms with Crippen molar-refractivity contribution in [2.75, 3.05) is 11.1 Å². The summed E-state index contributed by atoms with van der Waals surface area (Å²) in [6.07, 6.45) is 0. The maximum atomic E-state index is 13.0. The van der Waals surface area contributed by atoms with Gasteiger partial charge in [0.15, 0.2) is 0 Å². The number of rotatable bonds is 2. The molecule has 0 saturated carbocycles. The molecular formula is C13H9ClF2N2O. The summed E-state index contributed by atoms with van der Waals surface area (Å²) in [6.45, 7) is 0. The largest absolute Gasteiger partial charge is 0.398 e. The fourth-order valence-corrected chi connectivity index (χ4v) is 1.63. The Kier molecular flexibility index (Phi) is 3.66. The van der Waals surface area contributed by atoms with Crippen molar-refractivity contribution in [1.29, 1.82) is 0 Å². The molecule has 0 aliphatic carbocycles. The molecule has 6 heteroatoms. The number of hydrogen-bond acceptors (Lipinski definition) is 2. The minimum Gasteiger partial charge on any atom is -0.398 e. The van der Waals surface area contributed by atoms with Gasteiger partial charge in [0, 0.05) is 17.3 Å². The van der Waals surface area contributed by atoms with Gasteiger partial charge in [-0.15, -0.1) is 0 Å². The van der Waals surface area contributed by atoms with Crippen molar-refractivity contribution in [2.45, 2.75) is 0 Å². The average Bonchev–Trinajstić information content (AvgIpc) is 2.31. The van der Waals surface area contributed by atoms with E-state index in [0.29, 0.717) is 5.02 Å². The first-order valence-corrected chi connectivity index (χ1v) is 5.66.